The van der Waals surface area contributed by atoms with Gasteiger partial charge in [0, 0.05) is 12.2 Å². The van der Waals surface area contributed by atoms with Crippen LogP contribution in [0.2, 0.25) is 0 Å². The number of aryl methyl sites for hydroxylation is 2. The maximum absolute atomic E-state index is 9.51. The summed E-state index contributed by atoms with van der Waals surface area (Å²) in [6.45, 7) is 6.06. The van der Waals surface area contributed by atoms with Gasteiger partial charge >= 0.3 is 0 Å². The number of aliphatic hydroxyl groups is 1. The fourth-order valence-electron chi connectivity index (χ4n) is 2.34. The molecule has 6 heteroatoms. The van der Waals surface area contributed by atoms with E-state index in [4.69, 9.17) is 4.98 Å². The quantitative estimate of drug-likeness (QED) is 0.772. The topological polar surface area (TPSA) is 75.9 Å². The van der Waals surface area contributed by atoms with Crippen LogP contribution in [0.25, 0.3) is 16.9 Å². The predicted molar refractivity (Wildman–Crippen MR) is 86.3 cm³/mol. The second-order valence-corrected chi connectivity index (χ2v) is 5.45. The monoisotopic (exact) mass is 297 g/mol. The largest absolute Gasteiger partial charge is 0.392 e. The van der Waals surface area contributed by atoms with Crippen molar-refractivity contribution in [2.75, 3.05) is 11.9 Å². The fourth-order valence-corrected chi connectivity index (χ4v) is 2.34. The molecule has 0 fully saturated rings. The number of nitrogens with one attached hydrogen (secondary N) is 1. The van der Waals surface area contributed by atoms with Crippen LogP contribution in [0.4, 0.5) is 5.82 Å². The van der Waals surface area contributed by atoms with Crippen molar-refractivity contribution in [2.45, 2.75) is 26.9 Å². The first-order valence-corrected chi connectivity index (χ1v) is 7.27. The van der Waals surface area contributed by atoms with Crippen LogP contribution in [0.3, 0.4) is 0 Å². The molecule has 0 saturated carbocycles. The highest BCUT2D eigenvalue weighted by molar-refractivity contribution is 5.78. The lowest BCUT2D eigenvalue weighted by molar-refractivity contribution is 0.208. The highest BCUT2D eigenvalue weighted by Crippen LogP contribution is 2.21. The second-order valence-electron chi connectivity index (χ2n) is 5.45. The molecule has 1 aromatic carbocycles. The number of hydrogen-bond acceptors (Lipinski definition) is 5. The third-order valence-electron chi connectivity index (χ3n) is 3.33. The van der Waals surface area contributed by atoms with E-state index < -0.39 is 6.10 Å². The van der Waals surface area contributed by atoms with Gasteiger partial charge in [-0.1, -0.05) is 12.1 Å². The van der Waals surface area contributed by atoms with E-state index >= 15 is 0 Å². The average Bonchev–Trinajstić information content (AvgIpc) is 2.82. The Labute approximate surface area is 128 Å². The van der Waals surface area contributed by atoms with Crippen LogP contribution in [-0.4, -0.2) is 37.5 Å². The van der Waals surface area contributed by atoms with Gasteiger partial charge in [0.15, 0.2) is 11.6 Å². The van der Waals surface area contributed by atoms with Crippen LogP contribution >= 0.6 is 0 Å². The maximum Gasteiger partial charge on any atom is 0.197 e. The molecule has 0 aliphatic carbocycles. The Hall–Kier alpha value is -2.47. The van der Waals surface area contributed by atoms with Crippen molar-refractivity contribution in [3.8, 4) is 5.82 Å². The molecule has 3 rings (SSSR count). The van der Waals surface area contributed by atoms with Crippen molar-refractivity contribution in [3.05, 3.63) is 41.7 Å². The van der Waals surface area contributed by atoms with Crippen molar-refractivity contribution in [1.82, 2.24) is 19.7 Å². The highest BCUT2D eigenvalue weighted by Gasteiger charge is 2.14. The molecule has 0 bridgehead atoms. The van der Waals surface area contributed by atoms with Gasteiger partial charge in [0.1, 0.15) is 0 Å². The van der Waals surface area contributed by atoms with E-state index in [9.17, 15) is 5.11 Å². The third-order valence-corrected chi connectivity index (χ3v) is 3.33. The van der Waals surface area contributed by atoms with Gasteiger partial charge in [-0.25, -0.2) is 14.6 Å². The molecular weight excluding hydrogens is 278 g/mol. The molecule has 0 saturated heterocycles. The van der Waals surface area contributed by atoms with Gasteiger partial charge in [-0.3, -0.25) is 0 Å². The van der Waals surface area contributed by atoms with Crippen molar-refractivity contribution >= 4 is 16.9 Å². The second kappa shape index (κ2) is 5.73. The lowest BCUT2D eigenvalue weighted by Gasteiger charge is -2.13. The minimum atomic E-state index is -0.471. The summed E-state index contributed by atoms with van der Waals surface area (Å²) in [5.41, 5.74) is 3.53. The van der Waals surface area contributed by atoms with E-state index in [1.165, 1.54) is 0 Å². The number of rotatable bonds is 4. The molecule has 114 valence electrons. The van der Waals surface area contributed by atoms with E-state index in [1.54, 1.807) is 11.6 Å². The minimum Gasteiger partial charge on any atom is -0.392 e. The zero-order valence-electron chi connectivity index (χ0n) is 12.9. The first-order chi connectivity index (χ1) is 10.5. The van der Waals surface area contributed by atoms with Gasteiger partial charge in [-0.05, 0) is 39.0 Å². The highest BCUT2D eigenvalue weighted by atomic mass is 16.3. The Morgan fingerprint density at radius 2 is 1.86 bits per heavy atom. The molecule has 0 aliphatic heterocycles. The lowest BCUT2D eigenvalue weighted by atomic mass is 10.3. The lowest BCUT2D eigenvalue weighted by Crippen LogP contribution is -2.18. The van der Waals surface area contributed by atoms with Gasteiger partial charge in [-0.2, -0.15) is 5.10 Å². The molecular formula is C16H19N5O. The first kappa shape index (κ1) is 14.5. The van der Waals surface area contributed by atoms with Gasteiger partial charge in [0.2, 0.25) is 0 Å². The average molecular weight is 297 g/mol. The Morgan fingerprint density at radius 1 is 1.18 bits per heavy atom. The standard InChI is InChI=1S/C16H19N5O/c1-10-8-11(2)21(20-10)16-15(17-9-12(3)22)18-13-6-4-5-7-14(13)19-16/h4-8,12,22H,9H2,1-3H3,(H,17,18). The van der Waals surface area contributed by atoms with Crippen LogP contribution in [0, 0.1) is 13.8 Å². The minimum absolute atomic E-state index is 0.402. The van der Waals surface area contributed by atoms with Crippen LogP contribution in [0.15, 0.2) is 30.3 Å². The summed E-state index contributed by atoms with van der Waals surface area (Å²) in [7, 11) is 0. The number of aliphatic hydroxyl groups excluding tert-OH is 1. The maximum atomic E-state index is 9.51. The number of para-hydroxylation sites is 2. The van der Waals surface area contributed by atoms with Gasteiger partial charge in [0.05, 0.1) is 22.8 Å². The Kier molecular flexibility index (Phi) is 3.77. The number of aromatic nitrogens is 4. The molecule has 1 unspecified atom stereocenters. The molecule has 6 nitrogen and oxygen atoms in total. The predicted octanol–water partition coefficient (Wildman–Crippen LogP) is 2.23. The SMILES string of the molecule is Cc1cc(C)n(-c2nc3ccccc3nc2NCC(C)O)n1. The van der Waals surface area contributed by atoms with Crippen molar-refractivity contribution < 1.29 is 5.11 Å². The van der Waals surface area contributed by atoms with Gasteiger partial charge in [0.25, 0.3) is 0 Å². The molecule has 0 amide bonds. The summed E-state index contributed by atoms with van der Waals surface area (Å²) < 4.78 is 1.78. The number of anilines is 1. The molecule has 0 aliphatic rings. The summed E-state index contributed by atoms with van der Waals surface area (Å²) in [4.78, 5) is 9.32. The van der Waals surface area contributed by atoms with Gasteiger partial charge < -0.3 is 10.4 Å². The van der Waals surface area contributed by atoms with E-state index in [-0.39, 0.29) is 0 Å². The molecule has 2 heterocycles. The number of nitrogens with zero attached hydrogens (tertiary/aromatic N) is 4. The first-order valence-electron chi connectivity index (χ1n) is 7.27. The van der Waals surface area contributed by atoms with E-state index in [0.29, 0.717) is 18.2 Å². The molecule has 0 radical (unpaired) electrons. The van der Waals surface area contributed by atoms with Gasteiger partial charge in [-0.15, -0.1) is 0 Å². The number of fused-ring (bicyclic) bond motifs is 1. The van der Waals surface area contributed by atoms with Crippen molar-refractivity contribution in [2.24, 2.45) is 0 Å². The molecule has 3 aromatic rings. The molecule has 2 N–H and O–H groups in total. The Bertz CT molecular complexity index is 809. The summed E-state index contributed by atoms with van der Waals surface area (Å²) >= 11 is 0. The van der Waals surface area contributed by atoms with Crippen LogP contribution in [0.1, 0.15) is 18.3 Å². The van der Waals surface area contributed by atoms with Crippen molar-refractivity contribution in [1.29, 1.82) is 0 Å². The van der Waals surface area contributed by atoms with Crippen LogP contribution in [0.5, 0.6) is 0 Å². The molecule has 0 spiro atoms. The zero-order valence-corrected chi connectivity index (χ0v) is 12.9. The normalized spacial score (nSPS) is 12.5. The van der Waals surface area contributed by atoms with E-state index in [1.807, 2.05) is 44.2 Å². The summed E-state index contributed by atoms with van der Waals surface area (Å²) in [5.74, 6) is 1.26. The molecule has 1 atom stereocenters. The van der Waals surface area contributed by atoms with Crippen LogP contribution < -0.4 is 5.32 Å². The fraction of sp³-hybridized carbons (Fsp3) is 0.312. The van der Waals surface area contributed by atoms with Crippen molar-refractivity contribution in [3.63, 3.8) is 0 Å². The number of benzene rings is 1. The zero-order chi connectivity index (χ0) is 15.7. The van der Waals surface area contributed by atoms with E-state index in [2.05, 4.69) is 15.4 Å². The smallest absolute Gasteiger partial charge is 0.197 e. The summed E-state index contributed by atoms with van der Waals surface area (Å²) in [6.07, 6.45) is -0.471. The molecule has 2 aromatic heterocycles. The third kappa shape index (κ3) is 2.78. The number of hydrogen-bond donors (Lipinski definition) is 2. The Morgan fingerprint density at radius 3 is 2.45 bits per heavy atom. The summed E-state index contributed by atoms with van der Waals surface area (Å²) in [5, 5.41) is 17.2. The van der Waals surface area contributed by atoms with Crippen LogP contribution in [-0.2, 0) is 0 Å². The van der Waals surface area contributed by atoms with E-state index in [0.717, 1.165) is 22.4 Å². The Balaban J connectivity index is 2.16. The molecule has 22 heavy (non-hydrogen) atoms. The summed E-state index contributed by atoms with van der Waals surface area (Å²) in [6, 6.07) is 9.70.